The second-order valence-electron chi connectivity index (χ2n) is 4.05. The van der Waals surface area contributed by atoms with Crippen LogP contribution in [0.4, 0.5) is 5.00 Å². The largest absolute Gasteiger partial charge is 0.368 e. The number of nitrogens with two attached hydrogens (primary N) is 1. The molecule has 3 N–H and O–H groups in total. The van der Waals surface area contributed by atoms with Crippen LogP contribution >= 0.6 is 11.3 Å². The standard InChI is InChI=1S/C10H12N4O4S/c11-9(15)7-4-12-1-2-13(7)10(16)6-3-8(14(17)18)19-5-6/h3,5,7,12H,1-2,4H2,(H2,11,15). The minimum Gasteiger partial charge on any atom is -0.368 e. The summed E-state index contributed by atoms with van der Waals surface area (Å²) in [5, 5.41) is 14.9. The second-order valence-corrected chi connectivity index (χ2v) is 4.94. The number of amides is 2. The molecule has 1 aliphatic heterocycles. The number of nitrogens with one attached hydrogen (secondary N) is 1. The summed E-state index contributed by atoms with van der Waals surface area (Å²) in [7, 11) is 0. The number of rotatable bonds is 3. The highest BCUT2D eigenvalue weighted by Crippen LogP contribution is 2.24. The average Bonchev–Trinajstić information content (AvgIpc) is 2.87. The summed E-state index contributed by atoms with van der Waals surface area (Å²) < 4.78 is 0. The lowest BCUT2D eigenvalue weighted by atomic mass is 10.1. The molecule has 9 heteroatoms. The number of hydrogen-bond acceptors (Lipinski definition) is 6. The van der Waals surface area contributed by atoms with Gasteiger partial charge in [0.05, 0.1) is 10.5 Å². The molecule has 1 atom stereocenters. The minimum absolute atomic E-state index is 0.103. The molecule has 1 saturated heterocycles. The van der Waals surface area contributed by atoms with Crippen LogP contribution < -0.4 is 11.1 Å². The quantitative estimate of drug-likeness (QED) is 0.576. The molecule has 1 unspecified atom stereocenters. The van der Waals surface area contributed by atoms with Gasteiger partial charge in [0.1, 0.15) is 6.04 Å². The topological polar surface area (TPSA) is 119 Å². The van der Waals surface area contributed by atoms with Crippen molar-refractivity contribution >= 4 is 28.2 Å². The van der Waals surface area contributed by atoms with Gasteiger partial charge in [0.2, 0.25) is 5.91 Å². The van der Waals surface area contributed by atoms with Gasteiger partial charge in [0, 0.05) is 31.1 Å². The van der Waals surface area contributed by atoms with E-state index in [0.29, 0.717) is 19.6 Å². The number of thiophene rings is 1. The Bertz CT molecular complexity index is 529. The van der Waals surface area contributed by atoms with Crippen molar-refractivity contribution in [3.63, 3.8) is 0 Å². The number of carbonyl (C=O) groups is 2. The number of nitro groups is 1. The van der Waals surface area contributed by atoms with Crippen LogP contribution in [0.5, 0.6) is 0 Å². The Morgan fingerprint density at radius 3 is 2.89 bits per heavy atom. The van der Waals surface area contributed by atoms with Crippen molar-refractivity contribution in [2.24, 2.45) is 5.73 Å². The molecule has 8 nitrogen and oxygen atoms in total. The van der Waals surface area contributed by atoms with Gasteiger partial charge in [0.15, 0.2) is 0 Å². The molecule has 0 bridgehead atoms. The summed E-state index contributed by atoms with van der Waals surface area (Å²) in [4.78, 5) is 34.9. The van der Waals surface area contributed by atoms with Crippen LogP contribution in [0.1, 0.15) is 10.4 Å². The first-order valence-corrected chi connectivity index (χ1v) is 6.42. The summed E-state index contributed by atoms with van der Waals surface area (Å²) >= 11 is 0.881. The van der Waals surface area contributed by atoms with E-state index >= 15 is 0 Å². The maximum Gasteiger partial charge on any atom is 0.324 e. The zero-order valence-corrected chi connectivity index (χ0v) is 10.7. The predicted octanol–water partition coefficient (Wildman–Crippen LogP) is -0.444. The molecule has 102 valence electrons. The molecule has 2 heterocycles. The molecule has 1 aromatic heterocycles. The summed E-state index contributed by atoms with van der Waals surface area (Å²) in [6.07, 6.45) is 0. The molecular weight excluding hydrogens is 272 g/mol. The number of piperazine rings is 1. The van der Waals surface area contributed by atoms with Crippen LogP contribution in [0.2, 0.25) is 0 Å². The van der Waals surface area contributed by atoms with Gasteiger partial charge < -0.3 is 16.0 Å². The molecule has 0 aromatic carbocycles. The first-order valence-electron chi connectivity index (χ1n) is 5.54. The van der Waals surface area contributed by atoms with E-state index < -0.39 is 22.8 Å². The van der Waals surface area contributed by atoms with E-state index in [1.807, 2.05) is 0 Å². The van der Waals surface area contributed by atoms with E-state index in [0.717, 1.165) is 11.3 Å². The van der Waals surface area contributed by atoms with Crippen LogP contribution in [-0.4, -0.2) is 47.3 Å². The Morgan fingerprint density at radius 1 is 1.58 bits per heavy atom. The SMILES string of the molecule is NC(=O)C1CNCCN1C(=O)c1csc([N+](=O)[O-])c1. The minimum atomic E-state index is -0.722. The fourth-order valence-electron chi connectivity index (χ4n) is 1.90. The number of hydrogen-bond donors (Lipinski definition) is 2. The number of nitrogens with zero attached hydrogens (tertiary/aromatic N) is 2. The number of carbonyl (C=O) groups excluding carboxylic acids is 2. The fraction of sp³-hybridized carbons (Fsp3) is 0.400. The van der Waals surface area contributed by atoms with Crippen molar-refractivity contribution in [3.05, 3.63) is 27.1 Å². The van der Waals surface area contributed by atoms with Crippen LogP contribution in [0.15, 0.2) is 11.4 Å². The molecule has 2 rings (SSSR count). The average molecular weight is 284 g/mol. The highest BCUT2D eigenvalue weighted by atomic mass is 32.1. The maximum absolute atomic E-state index is 12.2. The molecule has 0 aliphatic carbocycles. The van der Waals surface area contributed by atoms with Crippen LogP contribution in [0.25, 0.3) is 0 Å². The molecule has 1 aliphatic rings. The highest BCUT2D eigenvalue weighted by Gasteiger charge is 2.32. The number of primary amides is 1. The van der Waals surface area contributed by atoms with Crippen LogP contribution in [-0.2, 0) is 4.79 Å². The summed E-state index contributed by atoms with van der Waals surface area (Å²) in [6.45, 7) is 1.20. The monoisotopic (exact) mass is 284 g/mol. The zero-order valence-electron chi connectivity index (χ0n) is 9.87. The smallest absolute Gasteiger partial charge is 0.324 e. The Kier molecular flexibility index (Phi) is 3.76. The summed E-state index contributed by atoms with van der Waals surface area (Å²) in [6, 6.07) is 0.493. The predicted molar refractivity (Wildman–Crippen MR) is 67.9 cm³/mol. The van der Waals surface area contributed by atoms with E-state index in [1.165, 1.54) is 16.3 Å². The van der Waals surface area contributed by atoms with Crippen molar-refractivity contribution in [1.29, 1.82) is 0 Å². The van der Waals surface area contributed by atoms with E-state index in [4.69, 9.17) is 5.73 Å². The third-order valence-electron chi connectivity index (χ3n) is 2.85. The Balaban J connectivity index is 2.21. The van der Waals surface area contributed by atoms with Crippen molar-refractivity contribution in [2.75, 3.05) is 19.6 Å². The lowest BCUT2D eigenvalue weighted by molar-refractivity contribution is -0.380. The summed E-state index contributed by atoms with van der Waals surface area (Å²) in [5.74, 6) is -1.00. The first-order chi connectivity index (χ1) is 9.00. The van der Waals surface area contributed by atoms with Gasteiger partial charge in [-0.25, -0.2) is 0 Å². The summed E-state index contributed by atoms with van der Waals surface area (Å²) in [5.41, 5.74) is 5.46. The molecule has 0 saturated carbocycles. The van der Waals surface area contributed by atoms with Gasteiger partial charge >= 0.3 is 5.00 Å². The highest BCUT2D eigenvalue weighted by molar-refractivity contribution is 7.13. The lowest BCUT2D eigenvalue weighted by Gasteiger charge is -2.33. The first kappa shape index (κ1) is 13.4. The van der Waals surface area contributed by atoms with E-state index in [9.17, 15) is 19.7 Å². The molecule has 0 spiro atoms. The van der Waals surface area contributed by atoms with Crippen molar-refractivity contribution in [3.8, 4) is 0 Å². The lowest BCUT2D eigenvalue weighted by Crippen LogP contribution is -2.58. The van der Waals surface area contributed by atoms with Crippen molar-refractivity contribution in [1.82, 2.24) is 10.2 Å². The zero-order chi connectivity index (χ0) is 14.0. The third-order valence-corrected chi connectivity index (χ3v) is 3.73. The van der Waals surface area contributed by atoms with Gasteiger partial charge in [-0.1, -0.05) is 11.3 Å². The van der Waals surface area contributed by atoms with Gasteiger partial charge in [0.25, 0.3) is 5.91 Å². The van der Waals surface area contributed by atoms with Gasteiger partial charge in [-0.15, -0.1) is 0 Å². The van der Waals surface area contributed by atoms with Crippen molar-refractivity contribution in [2.45, 2.75) is 6.04 Å². The molecule has 1 fully saturated rings. The van der Waals surface area contributed by atoms with Gasteiger partial charge in [-0.05, 0) is 0 Å². The Hall–Kier alpha value is -2.00. The Labute approximate surface area is 112 Å². The fourth-order valence-corrected chi connectivity index (χ4v) is 2.60. The normalized spacial score (nSPS) is 19.2. The maximum atomic E-state index is 12.2. The van der Waals surface area contributed by atoms with E-state index in [1.54, 1.807) is 0 Å². The molecule has 19 heavy (non-hydrogen) atoms. The molecule has 0 radical (unpaired) electrons. The van der Waals surface area contributed by atoms with Gasteiger partial charge in [-0.3, -0.25) is 19.7 Å². The molecule has 1 aromatic rings. The second kappa shape index (κ2) is 5.33. The van der Waals surface area contributed by atoms with Crippen LogP contribution in [0, 0.1) is 10.1 Å². The van der Waals surface area contributed by atoms with E-state index in [2.05, 4.69) is 5.32 Å². The Morgan fingerprint density at radius 2 is 2.32 bits per heavy atom. The van der Waals surface area contributed by atoms with Gasteiger partial charge in [-0.2, -0.15) is 0 Å². The van der Waals surface area contributed by atoms with Crippen molar-refractivity contribution < 1.29 is 14.5 Å². The molecular formula is C10H12N4O4S. The third kappa shape index (κ3) is 2.71. The molecule has 2 amide bonds. The van der Waals surface area contributed by atoms with E-state index in [-0.39, 0.29) is 10.6 Å². The van der Waals surface area contributed by atoms with Crippen LogP contribution in [0.3, 0.4) is 0 Å².